The van der Waals surface area contributed by atoms with E-state index in [1.54, 1.807) is 11.3 Å². The molecule has 0 atom stereocenters. The van der Waals surface area contributed by atoms with Crippen molar-refractivity contribution in [1.82, 2.24) is 5.32 Å². The zero-order chi connectivity index (χ0) is 13.1. The lowest BCUT2D eigenvalue weighted by atomic mass is 10.2. The summed E-state index contributed by atoms with van der Waals surface area (Å²) >= 11 is 7.55. The number of hydrogen-bond acceptors (Lipinski definition) is 3. The average molecular weight is 292 g/mol. The molecular formula is C15H14ClNOS. The summed E-state index contributed by atoms with van der Waals surface area (Å²) < 4.78 is 6.37. The van der Waals surface area contributed by atoms with Crippen LogP contribution in [0.4, 0.5) is 0 Å². The summed E-state index contributed by atoms with van der Waals surface area (Å²) in [7, 11) is 0. The van der Waals surface area contributed by atoms with Gasteiger partial charge in [0.05, 0.1) is 10.6 Å². The SMILES string of the molecule is Clc1ccc(CCNCc2coc3ccccc23)s1. The van der Waals surface area contributed by atoms with Crippen LogP contribution in [0.3, 0.4) is 0 Å². The second kappa shape index (κ2) is 5.78. The Kier molecular flexibility index (Phi) is 3.87. The molecule has 0 radical (unpaired) electrons. The summed E-state index contributed by atoms with van der Waals surface area (Å²) in [4.78, 5) is 1.31. The van der Waals surface area contributed by atoms with Gasteiger partial charge in [-0.3, -0.25) is 0 Å². The number of halogens is 1. The van der Waals surface area contributed by atoms with Crippen LogP contribution in [0.25, 0.3) is 11.0 Å². The van der Waals surface area contributed by atoms with Crippen molar-refractivity contribution in [3.05, 3.63) is 57.4 Å². The van der Waals surface area contributed by atoms with E-state index in [1.165, 1.54) is 15.8 Å². The third kappa shape index (κ3) is 3.00. The van der Waals surface area contributed by atoms with Crippen LogP contribution < -0.4 is 5.32 Å². The number of benzene rings is 1. The topological polar surface area (TPSA) is 25.2 Å². The molecule has 1 N–H and O–H groups in total. The van der Waals surface area contributed by atoms with Crippen LogP contribution in [0, 0.1) is 0 Å². The molecule has 0 aliphatic carbocycles. The molecule has 2 heterocycles. The molecular weight excluding hydrogens is 278 g/mol. The van der Waals surface area contributed by atoms with Crippen molar-refractivity contribution in [2.75, 3.05) is 6.54 Å². The Balaban J connectivity index is 1.55. The number of nitrogens with one attached hydrogen (secondary N) is 1. The van der Waals surface area contributed by atoms with Gasteiger partial charge in [-0.25, -0.2) is 0 Å². The molecule has 0 bridgehead atoms. The lowest BCUT2D eigenvalue weighted by molar-refractivity contribution is 0.602. The fraction of sp³-hybridized carbons (Fsp3) is 0.200. The number of furan rings is 1. The Labute approximate surface area is 121 Å². The summed E-state index contributed by atoms with van der Waals surface area (Å²) in [5, 5.41) is 4.63. The van der Waals surface area contributed by atoms with E-state index in [0.29, 0.717) is 0 Å². The van der Waals surface area contributed by atoms with Crippen molar-refractivity contribution >= 4 is 33.9 Å². The monoisotopic (exact) mass is 291 g/mol. The molecule has 2 nitrogen and oxygen atoms in total. The fourth-order valence-corrected chi connectivity index (χ4v) is 3.18. The molecule has 19 heavy (non-hydrogen) atoms. The first-order valence-electron chi connectivity index (χ1n) is 6.23. The number of thiophene rings is 1. The zero-order valence-electron chi connectivity index (χ0n) is 10.4. The number of hydrogen-bond donors (Lipinski definition) is 1. The molecule has 0 spiro atoms. The van der Waals surface area contributed by atoms with Crippen LogP contribution in [-0.4, -0.2) is 6.54 Å². The molecule has 3 rings (SSSR count). The summed E-state index contributed by atoms with van der Waals surface area (Å²) in [6, 6.07) is 12.1. The molecule has 0 fully saturated rings. The van der Waals surface area contributed by atoms with E-state index < -0.39 is 0 Å². The van der Waals surface area contributed by atoms with E-state index in [4.69, 9.17) is 16.0 Å². The number of para-hydroxylation sites is 1. The first-order chi connectivity index (χ1) is 9.33. The number of rotatable bonds is 5. The Morgan fingerprint density at radius 3 is 2.89 bits per heavy atom. The van der Waals surface area contributed by atoms with Gasteiger partial charge in [0.2, 0.25) is 0 Å². The molecule has 0 aliphatic rings. The maximum atomic E-state index is 5.91. The van der Waals surface area contributed by atoms with Crippen molar-refractivity contribution in [2.24, 2.45) is 0 Å². The fourth-order valence-electron chi connectivity index (χ4n) is 2.09. The van der Waals surface area contributed by atoms with Crippen molar-refractivity contribution < 1.29 is 4.42 Å². The second-order valence-electron chi connectivity index (χ2n) is 4.39. The van der Waals surface area contributed by atoms with Crippen molar-refractivity contribution in [1.29, 1.82) is 0 Å². The highest BCUT2D eigenvalue weighted by atomic mass is 35.5. The van der Waals surface area contributed by atoms with Crippen LogP contribution in [-0.2, 0) is 13.0 Å². The maximum Gasteiger partial charge on any atom is 0.134 e. The summed E-state index contributed by atoms with van der Waals surface area (Å²) in [5.41, 5.74) is 2.16. The second-order valence-corrected chi connectivity index (χ2v) is 6.19. The van der Waals surface area contributed by atoms with Gasteiger partial charge in [-0.2, -0.15) is 0 Å². The summed E-state index contributed by atoms with van der Waals surface area (Å²) in [5.74, 6) is 0. The highest BCUT2D eigenvalue weighted by Gasteiger charge is 2.04. The van der Waals surface area contributed by atoms with E-state index in [-0.39, 0.29) is 0 Å². The van der Waals surface area contributed by atoms with E-state index in [2.05, 4.69) is 17.4 Å². The summed E-state index contributed by atoms with van der Waals surface area (Å²) in [6.45, 7) is 1.77. The van der Waals surface area contributed by atoms with Crippen LogP contribution in [0.15, 0.2) is 47.1 Å². The van der Waals surface area contributed by atoms with Crippen LogP contribution in [0.5, 0.6) is 0 Å². The standard InChI is InChI=1S/C15H14ClNOS/c16-15-6-5-12(19-15)7-8-17-9-11-10-18-14-4-2-1-3-13(11)14/h1-6,10,17H,7-9H2. The van der Waals surface area contributed by atoms with Gasteiger partial charge in [-0.15, -0.1) is 11.3 Å². The predicted octanol–water partition coefficient (Wildman–Crippen LogP) is 4.48. The Morgan fingerprint density at radius 2 is 2.05 bits per heavy atom. The lowest BCUT2D eigenvalue weighted by Gasteiger charge is -2.02. The molecule has 3 aromatic rings. The van der Waals surface area contributed by atoms with Gasteiger partial charge in [0.1, 0.15) is 5.58 Å². The van der Waals surface area contributed by atoms with Gasteiger partial charge in [-0.1, -0.05) is 29.8 Å². The van der Waals surface area contributed by atoms with Crippen LogP contribution in [0.2, 0.25) is 4.34 Å². The van der Waals surface area contributed by atoms with E-state index in [9.17, 15) is 0 Å². The molecule has 0 saturated heterocycles. The van der Waals surface area contributed by atoms with Crippen molar-refractivity contribution in [3.63, 3.8) is 0 Å². The molecule has 2 aromatic heterocycles. The molecule has 0 aliphatic heterocycles. The van der Waals surface area contributed by atoms with E-state index in [0.717, 1.165) is 29.4 Å². The predicted molar refractivity (Wildman–Crippen MR) is 81.0 cm³/mol. The van der Waals surface area contributed by atoms with E-state index in [1.807, 2.05) is 30.5 Å². The largest absolute Gasteiger partial charge is 0.464 e. The summed E-state index contributed by atoms with van der Waals surface area (Å²) in [6.07, 6.45) is 2.84. The minimum Gasteiger partial charge on any atom is -0.464 e. The van der Waals surface area contributed by atoms with Gasteiger partial charge in [-0.05, 0) is 24.6 Å². The van der Waals surface area contributed by atoms with Crippen LogP contribution >= 0.6 is 22.9 Å². The average Bonchev–Trinajstić information content (AvgIpc) is 3.02. The highest BCUT2D eigenvalue weighted by Crippen LogP contribution is 2.22. The molecule has 98 valence electrons. The molecule has 0 unspecified atom stereocenters. The van der Waals surface area contributed by atoms with Gasteiger partial charge >= 0.3 is 0 Å². The minimum atomic E-state index is 0.829. The smallest absolute Gasteiger partial charge is 0.134 e. The lowest BCUT2D eigenvalue weighted by Crippen LogP contribution is -2.15. The van der Waals surface area contributed by atoms with Crippen molar-refractivity contribution in [3.8, 4) is 0 Å². The quantitative estimate of drug-likeness (QED) is 0.701. The Hall–Kier alpha value is -1.29. The Bertz CT molecular complexity index is 673. The maximum absolute atomic E-state index is 5.91. The molecule has 4 heteroatoms. The van der Waals surface area contributed by atoms with Gasteiger partial charge < -0.3 is 9.73 Å². The first-order valence-corrected chi connectivity index (χ1v) is 7.42. The third-order valence-electron chi connectivity index (χ3n) is 3.05. The molecule has 1 aromatic carbocycles. The normalized spacial score (nSPS) is 11.2. The van der Waals surface area contributed by atoms with E-state index >= 15 is 0 Å². The highest BCUT2D eigenvalue weighted by molar-refractivity contribution is 7.16. The van der Waals surface area contributed by atoms with Gasteiger partial charge in [0.25, 0.3) is 0 Å². The van der Waals surface area contributed by atoms with Crippen molar-refractivity contribution in [2.45, 2.75) is 13.0 Å². The molecule has 0 amide bonds. The van der Waals surface area contributed by atoms with Gasteiger partial charge in [0.15, 0.2) is 0 Å². The zero-order valence-corrected chi connectivity index (χ0v) is 11.9. The number of fused-ring (bicyclic) bond motifs is 1. The van der Waals surface area contributed by atoms with Gasteiger partial charge in [0, 0.05) is 28.9 Å². The molecule has 0 saturated carbocycles. The minimum absolute atomic E-state index is 0.829. The Morgan fingerprint density at radius 1 is 1.16 bits per heavy atom. The third-order valence-corrected chi connectivity index (χ3v) is 4.34. The van der Waals surface area contributed by atoms with Crippen LogP contribution in [0.1, 0.15) is 10.4 Å². The first kappa shape index (κ1) is 12.7.